The number of halogens is 3. The van der Waals surface area contributed by atoms with Crippen LogP contribution in [0.3, 0.4) is 0 Å². The largest absolute Gasteiger partial charge is 0.203 e. The Morgan fingerprint density at radius 2 is 2.07 bits per heavy atom. The first-order valence-corrected chi connectivity index (χ1v) is 5.12. The molecule has 0 heterocycles. The van der Waals surface area contributed by atoms with Gasteiger partial charge in [0.2, 0.25) is 0 Å². The molecule has 1 unspecified atom stereocenters. The van der Waals surface area contributed by atoms with Gasteiger partial charge >= 0.3 is 0 Å². The zero-order chi connectivity index (χ0) is 10.3. The van der Waals surface area contributed by atoms with E-state index in [1.165, 1.54) is 0 Å². The number of benzene rings is 1. The molecule has 0 radical (unpaired) electrons. The van der Waals surface area contributed by atoms with Crippen LogP contribution >= 0.6 is 11.6 Å². The lowest BCUT2D eigenvalue weighted by Gasteiger charge is -2.22. The van der Waals surface area contributed by atoms with E-state index in [0.717, 1.165) is 18.4 Å². The van der Waals surface area contributed by atoms with Crippen LogP contribution in [0.15, 0.2) is 6.07 Å². The van der Waals surface area contributed by atoms with E-state index in [2.05, 4.69) is 6.92 Å². The summed E-state index contributed by atoms with van der Waals surface area (Å²) in [6.45, 7) is 2.05. The van der Waals surface area contributed by atoms with E-state index in [-0.39, 0.29) is 5.02 Å². The first-order valence-electron chi connectivity index (χ1n) is 4.75. The molecule has 0 aromatic heterocycles. The summed E-state index contributed by atoms with van der Waals surface area (Å²) in [5.41, 5.74) is 1.39. The fourth-order valence-corrected chi connectivity index (χ4v) is 2.19. The number of hydrogen-bond acceptors (Lipinski definition) is 0. The lowest BCUT2D eigenvalue weighted by Crippen LogP contribution is -2.14. The van der Waals surface area contributed by atoms with E-state index in [1.807, 2.05) is 0 Å². The van der Waals surface area contributed by atoms with Gasteiger partial charge in [0, 0.05) is 0 Å². The van der Waals surface area contributed by atoms with E-state index in [1.54, 1.807) is 6.07 Å². The van der Waals surface area contributed by atoms with Crippen LogP contribution in [0.1, 0.15) is 24.5 Å². The molecular weight excluding hydrogens is 206 g/mol. The van der Waals surface area contributed by atoms with Gasteiger partial charge in [-0.25, -0.2) is 8.78 Å². The molecule has 3 heteroatoms. The highest BCUT2D eigenvalue weighted by molar-refractivity contribution is 6.30. The predicted molar refractivity (Wildman–Crippen MR) is 52.6 cm³/mol. The minimum Gasteiger partial charge on any atom is -0.203 e. The van der Waals surface area contributed by atoms with Crippen LogP contribution < -0.4 is 0 Å². The van der Waals surface area contributed by atoms with Gasteiger partial charge in [-0.2, -0.15) is 0 Å². The minimum atomic E-state index is -0.903. The third kappa shape index (κ3) is 1.52. The van der Waals surface area contributed by atoms with Crippen molar-refractivity contribution in [2.75, 3.05) is 0 Å². The maximum atomic E-state index is 13.5. The van der Waals surface area contributed by atoms with Crippen LogP contribution in [0.4, 0.5) is 8.78 Å². The number of aryl methyl sites for hydroxylation is 1. The van der Waals surface area contributed by atoms with Gasteiger partial charge in [0.15, 0.2) is 11.6 Å². The fraction of sp³-hybridized carbons (Fsp3) is 0.455. The maximum absolute atomic E-state index is 13.5. The monoisotopic (exact) mass is 216 g/mol. The Hall–Kier alpha value is -0.630. The van der Waals surface area contributed by atoms with Gasteiger partial charge in [-0.1, -0.05) is 18.5 Å². The summed E-state index contributed by atoms with van der Waals surface area (Å²) >= 11 is 5.57. The molecule has 1 aliphatic carbocycles. The fourth-order valence-electron chi connectivity index (χ4n) is 1.98. The van der Waals surface area contributed by atoms with Crippen molar-refractivity contribution in [3.8, 4) is 0 Å². The van der Waals surface area contributed by atoms with Gasteiger partial charge in [-0.05, 0) is 42.4 Å². The highest BCUT2D eigenvalue weighted by Crippen LogP contribution is 2.31. The Bertz CT molecular complexity index is 374. The Balaban J connectivity index is 2.55. The molecule has 1 aromatic rings. The molecule has 1 atom stereocenters. The molecule has 0 saturated heterocycles. The van der Waals surface area contributed by atoms with Gasteiger partial charge in [0.05, 0.1) is 5.02 Å². The average Bonchev–Trinajstić information content (AvgIpc) is 2.16. The summed E-state index contributed by atoms with van der Waals surface area (Å²) in [7, 11) is 0. The number of rotatable bonds is 0. The molecular formula is C11H11ClF2. The summed E-state index contributed by atoms with van der Waals surface area (Å²) in [5.74, 6) is -1.23. The highest BCUT2D eigenvalue weighted by atomic mass is 35.5. The second-order valence-electron chi connectivity index (χ2n) is 3.97. The molecule has 2 rings (SSSR count). The lowest BCUT2D eigenvalue weighted by molar-refractivity contribution is 0.449. The summed E-state index contributed by atoms with van der Waals surface area (Å²) in [5, 5.41) is -0.101. The van der Waals surface area contributed by atoms with Gasteiger partial charge in [0.25, 0.3) is 0 Å². The van der Waals surface area contributed by atoms with E-state index in [9.17, 15) is 8.78 Å². The van der Waals surface area contributed by atoms with Gasteiger partial charge in [0.1, 0.15) is 0 Å². The van der Waals surface area contributed by atoms with Crippen molar-refractivity contribution >= 4 is 11.6 Å². The molecule has 76 valence electrons. The smallest absolute Gasteiger partial charge is 0.177 e. The van der Waals surface area contributed by atoms with Crippen molar-refractivity contribution in [1.82, 2.24) is 0 Å². The summed E-state index contributed by atoms with van der Waals surface area (Å²) in [6, 6.07) is 1.56. The van der Waals surface area contributed by atoms with E-state index >= 15 is 0 Å². The van der Waals surface area contributed by atoms with E-state index < -0.39 is 11.6 Å². The normalized spacial score (nSPS) is 20.7. The molecule has 0 fully saturated rings. The number of fused-ring (bicyclic) bond motifs is 1. The quantitative estimate of drug-likeness (QED) is 0.580. The molecule has 0 saturated carbocycles. The minimum absolute atomic E-state index is 0.101. The van der Waals surface area contributed by atoms with Crippen molar-refractivity contribution in [2.24, 2.45) is 5.92 Å². The molecule has 0 spiro atoms. The van der Waals surface area contributed by atoms with Crippen molar-refractivity contribution < 1.29 is 8.78 Å². The van der Waals surface area contributed by atoms with Gasteiger partial charge in [-0.15, -0.1) is 0 Å². The van der Waals surface area contributed by atoms with Crippen LogP contribution in [0.25, 0.3) is 0 Å². The van der Waals surface area contributed by atoms with Crippen LogP contribution in [0, 0.1) is 17.6 Å². The Morgan fingerprint density at radius 1 is 1.36 bits per heavy atom. The first kappa shape index (κ1) is 9.91. The van der Waals surface area contributed by atoms with Crippen LogP contribution in [-0.2, 0) is 12.8 Å². The highest BCUT2D eigenvalue weighted by Gasteiger charge is 2.22. The Kier molecular flexibility index (Phi) is 2.48. The molecule has 0 N–H and O–H groups in total. The molecule has 0 nitrogen and oxygen atoms in total. The molecule has 0 aliphatic heterocycles. The summed E-state index contributed by atoms with van der Waals surface area (Å²) in [4.78, 5) is 0. The molecule has 14 heavy (non-hydrogen) atoms. The topological polar surface area (TPSA) is 0 Å². The van der Waals surface area contributed by atoms with Crippen LogP contribution in [-0.4, -0.2) is 0 Å². The van der Waals surface area contributed by atoms with Gasteiger partial charge in [-0.3, -0.25) is 0 Å². The molecule has 0 bridgehead atoms. The second-order valence-corrected chi connectivity index (χ2v) is 4.38. The van der Waals surface area contributed by atoms with Crippen molar-refractivity contribution in [3.63, 3.8) is 0 Å². The average molecular weight is 217 g/mol. The second kappa shape index (κ2) is 3.50. The predicted octanol–water partition coefficient (Wildman–Crippen LogP) is 3.74. The molecule has 0 amide bonds. The molecule has 1 aliphatic rings. The summed E-state index contributed by atoms with van der Waals surface area (Å²) < 4.78 is 26.6. The Labute approximate surface area is 86.9 Å². The first-order chi connectivity index (χ1) is 6.59. The van der Waals surface area contributed by atoms with Gasteiger partial charge < -0.3 is 0 Å². The zero-order valence-corrected chi connectivity index (χ0v) is 8.67. The van der Waals surface area contributed by atoms with Crippen LogP contribution in [0.5, 0.6) is 0 Å². The SMILES string of the molecule is CC1CCc2cc(Cl)c(F)c(F)c2C1. The number of hydrogen-bond donors (Lipinski definition) is 0. The van der Waals surface area contributed by atoms with Crippen molar-refractivity contribution in [1.29, 1.82) is 0 Å². The van der Waals surface area contributed by atoms with Crippen LogP contribution in [0.2, 0.25) is 5.02 Å². The third-order valence-corrected chi connectivity index (χ3v) is 3.09. The summed E-state index contributed by atoms with van der Waals surface area (Å²) in [6.07, 6.45) is 2.44. The zero-order valence-electron chi connectivity index (χ0n) is 7.91. The standard InChI is InChI=1S/C11H11ClF2/c1-6-2-3-7-5-9(12)11(14)10(13)8(7)4-6/h5-6H,2-4H2,1H3. The van der Waals surface area contributed by atoms with E-state index in [0.29, 0.717) is 17.9 Å². The van der Waals surface area contributed by atoms with Crippen molar-refractivity contribution in [2.45, 2.75) is 26.2 Å². The lowest BCUT2D eigenvalue weighted by atomic mass is 9.84. The third-order valence-electron chi connectivity index (χ3n) is 2.81. The Morgan fingerprint density at radius 3 is 2.79 bits per heavy atom. The maximum Gasteiger partial charge on any atom is 0.177 e. The molecule has 1 aromatic carbocycles. The van der Waals surface area contributed by atoms with E-state index in [4.69, 9.17) is 11.6 Å². The van der Waals surface area contributed by atoms with Crippen molar-refractivity contribution in [3.05, 3.63) is 33.9 Å².